The Kier molecular flexibility index (Phi) is 4.92. The van der Waals surface area contributed by atoms with Gasteiger partial charge in [-0.25, -0.2) is 0 Å². The fourth-order valence-corrected chi connectivity index (χ4v) is 4.44. The summed E-state index contributed by atoms with van der Waals surface area (Å²) in [6.45, 7) is 1.32. The van der Waals surface area contributed by atoms with Gasteiger partial charge in [0.2, 0.25) is 11.8 Å². The van der Waals surface area contributed by atoms with Gasteiger partial charge >= 0.3 is 0 Å². The van der Waals surface area contributed by atoms with Crippen molar-refractivity contribution in [1.82, 2.24) is 24.9 Å². The number of aromatic nitrogens is 4. The molecule has 152 valence electrons. The molecule has 0 spiro atoms. The Labute approximate surface area is 178 Å². The van der Waals surface area contributed by atoms with Crippen LogP contribution in [0.4, 0.5) is 0 Å². The minimum absolute atomic E-state index is 0.00937. The summed E-state index contributed by atoms with van der Waals surface area (Å²) in [7, 11) is 1.82. The molecule has 0 radical (unpaired) electrons. The zero-order valence-electron chi connectivity index (χ0n) is 16.6. The normalized spacial score (nSPS) is 14.9. The van der Waals surface area contributed by atoms with Crippen LogP contribution in [-0.4, -0.2) is 43.9 Å². The number of aryl methyl sites for hydroxylation is 1. The number of hydrogen-bond acceptors (Lipinski definition) is 6. The molecule has 7 nitrogen and oxygen atoms in total. The first-order chi connectivity index (χ1) is 14.7. The molecule has 0 saturated carbocycles. The zero-order valence-corrected chi connectivity index (χ0v) is 17.4. The summed E-state index contributed by atoms with van der Waals surface area (Å²) >= 11 is 1.60. The van der Waals surface area contributed by atoms with Crippen molar-refractivity contribution in [3.63, 3.8) is 0 Å². The predicted octanol–water partition coefficient (Wildman–Crippen LogP) is 4.22. The summed E-state index contributed by atoms with van der Waals surface area (Å²) in [6, 6.07) is 13.7. The first-order valence-electron chi connectivity index (χ1n) is 9.94. The molecular formula is C22H21N5O2S. The molecule has 4 heterocycles. The van der Waals surface area contributed by atoms with E-state index in [2.05, 4.69) is 15.3 Å². The van der Waals surface area contributed by atoms with Gasteiger partial charge in [0, 0.05) is 42.6 Å². The Morgan fingerprint density at radius 2 is 1.90 bits per heavy atom. The second-order valence-corrected chi connectivity index (χ2v) is 8.21. The summed E-state index contributed by atoms with van der Waals surface area (Å²) in [6.07, 6.45) is 1.61. The molecule has 1 fully saturated rings. The molecule has 1 aliphatic rings. The van der Waals surface area contributed by atoms with E-state index in [0.29, 0.717) is 30.6 Å². The minimum atomic E-state index is 0.00937. The van der Waals surface area contributed by atoms with E-state index in [0.717, 1.165) is 29.7 Å². The lowest BCUT2D eigenvalue weighted by Gasteiger charge is -2.30. The zero-order chi connectivity index (χ0) is 20.5. The maximum absolute atomic E-state index is 13.1. The molecular weight excluding hydrogens is 398 g/mol. The third-order valence-electron chi connectivity index (χ3n) is 5.51. The van der Waals surface area contributed by atoms with Crippen LogP contribution in [0.25, 0.3) is 22.7 Å². The lowest BCUT2D eigenvalue weighted by atomic mass is 9.96. The van der Waals surface area contributed by atoms with Gasteiger partial charge in [0.05, 0.1) is 5.69 Å². The van der Waals surface area contributed by atoms with Gasteiger partial charge in [-0.05, 0) is 30.4 Å². The maximum Gasteiger partial charge on any atom is 0.272 e. The molecule has 4 aromatic rings. The Hall–Kier alpha value is -3.26. The number of benzene rings is 1. The lowest BCUT2D eigenvalue weighted by Crippen LogP contribution is -2.38. The van der Waals surface area contributed by atoms with Gasteiger partial charge in [0.1, 0.15) is 5.69 Å². The van der Waals surface area contributed by atoms with Crippen LogP contribution in [-0.2, 0) is 7.05 Å². The summed E-state index contributed by atoms with van der Waals surface area (Å²) in [5, 5.41) is 16.9. The largest absolute Gasteiger partial charge is 0.420 e. The van der Waals surface area contributed by atoms with Crippen molar-refractivity contribution >= 4 is 17.2 Å². The second kappa shape index (κ2) is 7.87. The molecule has 0 bridgehead atoms. The number of carbonyl (C=O) groups excluding carboxylic acids is 1. The van der Waals surface area contributed by atoms with Gasteiger partial charge in [-0.2, -0.15) is 16.4 Å². The maximum atomic E-state index is 13.1. The minimum Gasteiger partial charge on any atom is -0.420 e. The summed E-state index contributed by atoms with van der Waals surface area (Å²) in [5.74, 6) is 1.42. The second-order valence-electron chi connectivity index (χ2n) is 7.43. The molecule has 0 aliphatic carbocycles. The van der Waals surface area contributed by atoms with Gasteiger partial charge in [0.25, 0.3) is 5.91 Å². The molecule has 0 unspecified atom stereocenters. The van der Waals surface area contributed by atoms with Gasteiger partial charge in [-0.1, -0.05) is 30.3 Å². The molecule has 3 aromatic heterocycles. The Morgan fingerprint density at radius 1 is 1.10 bits per heavy atom. The first-order valence-corrected chi connectivity index (χ1v) is 10.9. The highest BCUT2D eigenvalue weighted by Crippen LogP contribution is 2.30. The molecule has 1 saturated heterocycles. The van der Waals surface area contributed by atoms with Gasteiger partial charge < -0.3 is 9.32 Å². The third-order valence-corrected chi connectivity index (χ3v) is 6.19. The standard InChI is InChI=1S/C22H21N5O2S/c1-26-19(13-18(25-26)15-5-3-2-4-6-15)22(28)27-10-7-16(8-11-27)20-23-24-21(29-20)17-9-12-30-14-17/h2-6,9,12-14,16H,7-8,10-11H2,1H3. The number of piperidine rings is 1. The fourth-order valence-electron chi connectivity index (χ4n) is 3.81. The topological polar surface area (TPSA) is 77.1 Å². The lowest BCUT2D eigenvalue weighted by molar-refractivity contribution is 0.0695. The van der Waals surface area contributed by atoms with Crippen molar-refractivity contribution in [2.75, 3.05) is 13.1 Å². The number of carbonyl (C=O) groups is 1. The van der Waals surface area contributed by atoms with Crippen LogP contribution in [0.5, 0.6) is 0 Å². The van der Waals surface area contributed by atoms with E-state index in [1.54, 1.807) is 16.0 Å². The average Bonchev–Trinajstić information content (AvgIpc) is 3.54. The number of hydrogen-bond donors (Lipinski definition) is 0. The SMILES string of the molecule is Cn1nc(-c2ccccc2)cc1C(=O)N1CCC(c2nnc(-c3ccsc3)o2)CC1. The van der Waals surface area contributed by atoms with Crippen LogP contribution in [0.2, 0.25) is 0 Å². The van der Waals surface area contributed by atoms with E-state index < -0.39 is 0 Å². The van der Waals surface area contributed by atoms with Crippen LogP contribution in [0.1, 0.15) is 35.1 Å². The van der Waals surface area contributed by atoms with Crippen molar-refractivity contribution in [3.05, 3.63) is 64.8 Å². The predicted molar refractivity (Wildman–Crippen MR) is 114 cm³/mol. The van der Waals surface area contributed by atoms with E-state index >= 15 is 0 Å². The Morgan fingerprint density at radius 3 is 2.63 bits per heavy atom. The van der Waals surface area contributed by atoms with E-state index in [4.69, 9.17) is 4.42 Å². The van der Waals surface area contributed by atoms with Crippen LogP contribution >= 0.6 is 11.3 Å². The van der Waals surface area contributed by atoms with Crippen LogP contribution < -0.4 is 0 Å². The summed E-state index contributed by atoms with van der Waals surface area (Å²) in [5.41, 5.74) is 3.37. The molecule has 1 aliphatic heterocycles. The molecule has 5 rings (SSSR count). The quantitative estimate of drug-likeness (QED) is 0.495. The number of likely N-dealkylation sites (tertiary alicyclic amines) is 1. The number of amides is 1. The van der Waals surface area contributed by atoms with Crippen molar-refractivity contribution in [3.8, 4) is 22.7 Å². The van der Waals surface area contributed by atoms with Crippen molar-refractivity contribution in [2.24, 2.45) is 7.05 Å². The molecule has 8 heteroatoms. The van der Waals surface area contributed by atoms with Crippen LogP contribution in [0.15, 0.2) is 57.6 Å². The highest BCUT2D eigenvalue weighted by atomic mass is 32.1. The van der Waals surface area contributed by atoms with E-state index in [9.17, 15) is 4.79 Å². The Bertz CT molecular complexity index is 1140. The number of rotatable bonds is 4. The first kappa shape index (κ1) is 18.7. The van der Waals surface area contributed by atoms with Crippen molar-refractivity contribution < 1.29 is 9.21 Å². The smallest absolute Gasteiger partial charge is 0.272 e. The third kappa shape index (κ3) is 3.54. The molecule has 30 heavy (non-hydrogen) atoms. The van der Waals surface area contributed by atoms with Crippen LogP contribution in [0, 0.1) is 0 Å². The molecule has 1 aromatic carbocycles. The Balaban J connectivity index is 1.26. The van der Waals surface area contributed by atoms with Gasteiger partial charge in [-0.3, -0.25) is 9.48 Å². The summed E-state index contributed by atoms with van der Waals surface area (Å²) < 4.78 is 7.55. The van der Waals surface area contributed by atoms with Gasteiger partial charge in [-0.15, -0.1) is 10.2 Å². The number of nitrogens with zero attached hydrogens (tertiary/aromatic N) is 5. The molecule has 0 atom stereocenters. The van der Waals surface area contributed by atoms with Crippen molar-refractivity contribution in [2.45, 2.75) is 18.8 Å². The van der Waals surface area contributed by atoms with Gasteiger partial charge in [0.15, 0.2) is 0 Å². The number of thiophene rings is 1. The highest BCUT2D eigenvalue weighted by molar-refractivity contribution is 7.08. The van der Waals surface area contributed by atoms with E-state index in [1.165, 1.54) is 0 Å². The van der Waals surface area contributed by atoms with E-state index in [1.807, 2.05) is 65.2 Å². The average molecular weight is 420 g/mol. The van der Waals surface area contributed by atoms with E-state index in [-0.39, 0.29) is 11.8 Å². The fraction of sp³-hybridized carbons (Fsp3) is 0.273. The molecule has 0 N–H and O–H groups in total. The molecule has 1 amide bonds. The van der Waals surface area contributed by atoms with Crippen molar-refractivity contribution in [1.29, 1.82) is 0 Å². The monoisotopic (exact) mass is 419 g/mol. The highest BCUT2D eigenvalue weighted by Gasteiger charge is 2.29. The summed E-state index contributed by atoms with van der Waals surface area (Å²) in [4.78, 5) is 15.0. The van der Waals surface area contributed by atoms with Crippen LogP contribution in [0.3, 0.4) is 0 Å².